The van der Waals surface area contributed by atoms with Crippen molar-refractivity contribution in [3.8, 4) is 0 Å². The normalized spacial score (nSPS) is 11.6. The molecule has 1 aromatic carbocycles. The molecule has 0 spiro atoms. The molecule has 0 aliphatic heterocycles. The number of benzene rings is 1. The molecule has 0 heterocycles. The molecule has 1 aromatic rings. The molecule has 0 unspecified atom stereocenters. The molecule has 3 heteroatoms. The Morgan fingerprint density at radius 1 is 1.38 bits per heavy atom. The first kappa shape index (κ1) is 12.8. The topological polar surface area (TPSA) is 37.3 Å². The smallest absolute Gasteiger partial charge is 0.194 e. The van der Waals surface area contributed by atoms with E-state index in [9.17, 15) is 14.3 Å². The first-order chi connectivity index (χ1) is 7.44. The lowest BCUT2D eigenvalue weighted by atomic mass is 9.86. The SMILES string of the molecule is CCC(O)(CC)C(=O)c1cc(F)ccc1C. The fourth-order valence-corrected chi connectivity index (χ4v) is 1.66. The molecule has 1 rings (SSSR count). The fourth-order valence-electron chi connectivity index (χ4n) is 1.66. The molecule has 16 heavy (non-hydrogen) atoms. The van der Waals surface area contributed by atoms with Crippen molar-refractivity contribution in [2.75, 3.05) is 0 Å². The molecule has 0 atom stereocenters. The van der Waals surface area contributed by atoms with Gasteiger partial charge in [-0.25, -0.2) is 4.39 Å². The molecular formula is C13H17FO2. The number of rotatable bonds is 4. The van der Waals surface area contributed by atoms with Gasteiger partial charge in [-0.1, -0.05) is 19.9 Å². The molecule has 0 amide bonds. The zero-order valence-corrected chi connectivity index (χ0v) is 9.88. The number of Topliss-reactive ketones (excluding diaryl/α,β-unsaturated/α-hetero) is 1. The van der Waals surface area contributed by atoms with Crippen molar-refractivity contribution in [2.45, 2.75) is 39.2 Å². The summed E-state index contributed by atoms with van der Waals surface area (Å²) < 4.78 is 13.1. The van der Waals surface area contributed by atoms with Crippen LogP contribution in [0.3, 0.4) is 0 Å². The first-order valence-corrected chi connectivity index (χ1v) is 5.48. The third-order valence-corrected chi connectivity index (χ3v) is 3.04. The Labute approximate surface area is 95.1 Å². The van der Waals surface area contributed by atoms with Gasteiger partial charge in [-0.3, -0.25) is 4.79 Å². The van der Waals surface area contributed by atoms with E-state index in [2.05, 4.69) is 0 Å². The van der Waals surface area contributed by atoms with Crippen molar-refractivity contribution in [3.05, 3.63) is 35.1 Å². The fraction of sp³-hybridized carbons (Fsp3) is 0.462. The molecular weight excluding hydrogens is 207 g/mol. The lowest BCUT2D eigenvalue weighted by Crippen LogP contribution is -2.37. The summed E-state index contributed by atoms with van der Waals surface area (Å²) in [5.74, 6) is -0.849. The van der Waals surface area contributed by atoms with E-state index >= 15 is 0 Å². The predicted molar refractivity (Wildman–Crippen MR) is 61.0 cm³/mol. The van der Waals surface area contributed by atoms with E-state index in [0.717, 1.165) is 0 Å². The second-order valence-corrected chi connectivity index (χ2v) is 4.03. The summed E-state index contributed by atoms with van der Waals surface area (Å²) in [6.45, 7) is 5.23. The van der Waals surface area contributed by atoms with Gasteiger partial charge < -0.3 is 5.11 Å². The predicted octanol–water partition coefficient (Wildman–Crippen LogP) is 2.87. The van der Waals surface area contributed by atoms with E-state index in [1.807, 2.05) is 0 Å². The van der Waals surface area contributed by atoms with E-state index in [4.69, 9.17) is 0 Å². The number of carbonyl (C=O) groups excluding carboxylic acids is 1. The van der Waals surface area contributed by atoms with Crippen LogP contribution in [0.25, 0.3) is 0 Å². The van der Waals surface area contributed by atoms with Gasteiger partial charge in [-0.05, 0) is 37.5 Å². The quantitative estimate of drug-likeness (QED) is 0.798. The minimum absolute atomic E-state index is 0.270. The molecule has 0 bridgehead atoms. The number of aryl methyl sites for hydroxylation is 1. The van der Waals surface area contributed by atoms with Crippen molar-refractivity contribution >= 4 is 5.78 Å². The lowest BCUT2D eigenvalue weighted by molar-refractivity contribution is 0.0276. The summed E-state index contributed by atoms with van der Waals surface area (Å²) >= 11 is 0. The van der Waals surface area contributed by atoms with E-state index < -0.39 is 17.2 Å². The second-order valence-electron chi connectivity index (χ2n) is 4.03. The Hall–Kier alpha value is -1.22. The van der Waals surface area contributed by atoms with Crippen molar-refractivity contribution < 1.29 is 14.3 Å². The number of carbonyl (C=O) groups is 1. The summed E-state index contributed by atoms with van der Waals surface area (Å²) in [4.78, 5) is 12.1. The van der Waals surface area contributed by atoms with Crippen LogP contribution in [0.2, 0.25) is 0 Å². The van der Waals surface area contributed by atoms with Gasteiger partial charge in [0, 0.05) is 5.56 Å². The highest BCUT2D eigenvalue weighted by Gasteiger charge is 2.33. The largest absolute Gasteiger partial charge is 0.382 e. The Kier molecular flexibility index (Phi) is 3.81. The van der Waals surface area contributed by atoms with E-state index in [-0.39, 0.29) is 5.56 Å². The number of hydrogen-bond donors (Lipinski definition) is 1. The number of hydrogen-bond acceptors (Lipinski definition) is 2. The zero-order valence-electron chi connectivity index (χ0n) is 9.88. The van der Waals surface area contributed by atoms with Gasteiger partial charge in [-0.2, -0.15) is 0 Å². The van der Waals surface area contributed by atoms with E-state index in [1.165, 1.54) is 12.1 Å². The van der Waals surface area contributed by atoms with Gasteiger partial charge in [0.2, 0.25) is 0 Å². The van der Waals surface area contributed by atoms with Gasteiger partial charge in [0.25, 0.3) is 0 Å². The Morgan fingerprint density at radius 3 is 2.44 bits per heavy atom. The first-order valence-electron chi connectivity index (χ1n) is 5.48. The van der Waals surface area contributed by atoms with Crippen molar-refractivity contribution in [3.63, 3.8) is 0 Å². The summed E-state index contributed by atoms with van der Waals surface area (Å²) in [6.07, 6.45) is 0.663. The van der Waals surface area contributed by atoms with Crippen molar-refractivity contribution in [2.24, 2.45) is 0 Å². The highest BCUT2D eigenvalue weighted by atomic mass is 19.1. The van der Waals surface area contributed by atoms with Crippen LogP contribution in [0, 0.1) is 12.7 Å². The Balaban J connectivity index is 3.18. The number of ketones is 1. The lowest BCUT2D eigenvalue weighted by Gasteiger charge is -2.24. The summed E-state index contributed by atoms with van der Waals surface area (Å²) in [5.41, 5.74) is -0.420. The van der Waals surface area contributed by atoms with Crippen LogP contribution in [0.15, 0.2) is 18.2 Å². The Morgan fingerprint density at radius 2 is 1.94 bits per heavy atom. The summed E-state index contributed by atoms with van der Waals surface area (Å²) in [6, 6.07) is 4.05. The molecule has 0 radical (unpaired) electrons. The van der Waals surface area contributed by atoms with Crippen LogP contribution in [0.1, 0.15) is 42.6 Å². The van der Waals surface area contributed by atoms with E-state index in [0.29, 0.717) is 18.4 Å². The third kappa shape index (κ3) is 2.30. The minimum atomic E-state index is -1.38. The highest BCUT2D eigenvalue weighted by molar-refractivity contribution is 6.03. The molecule has 0 fully saturated rings. The average Bonchev–Trinajstić information content (AvgIpc) is 2.30. The summed E-state index contributed by atoms with van der Waals surface area (Å²) in [5, 5.41) is 10.1. The maximum absolute atomic E-state index is 13.1. The molecule has 0 aliphatic carbocycles. The van der Waals surface area contributed by atoms with Crippen molar-refractivity contribution in [1.29, 1.82) is 0 Å². The van der Waals surface area contributed by atoms with Gasteiger partial charge in [-0.15, -0.1) is 0 Å². The van der Waals surface area contributed by atoms with Crippen LogP contribution in [0.4, 0.5) is 4.39 Å². The maximum Gasteiger partial charge on any atom is 0.194 e. The van der Waals surface area contributed by atoms with Crippen LogP contribution < -0.4 is 0 Å². The summed E-state index contributed by atoms with van der Waals surface area (Å²) in [7, 11) is 0. The van der Waals surface area contributed by atoms with Gasteiger partial charge in [0.1, 0.15) is 11.4 Å². The molecule has 0 aliphatic rings. The van der Waals surface area contributed by atoms with Crippen LogP contribution in [-0.4, -0.2) is 16.5 Å². The van der Waals surface area contributed by atoms with Crippen LogP contribution in [0.5, 0.6) is 0 Å². The van der Waals surface area contributed by atoms with Gasteiger partial charge in [0.05, 0.1) is 0 Å². The molecule has 2 nitrogen and oxygen atoms in total. The second kappa shape index (κ2) is 4.74. The standard InChI is InChI=1S/C13H17FO2/c1-4-13(16,5-2)12(15)11-8-10(14)7-6-9(11)3/h6-8,16H,4-5H2,1-3H3. The average molecular weight is 224 g/mol. The third-order valence-electron chi connectivity index (χ3n) is 3.04. The minimum Gasteiger partial charge on any atom is -0.382 e. The molecule has 0 saturated heterocycles. The zero-order chi connectivity index (χ0) is 12.3. The van der Waals surface area contributed by atoms with Gasteiger partial charge >= 0.3 is 0 Å². The monoisotopic (exact) mass is 224 g/mol. The van der Waals surface area contributed by atoms with Crippen molar-refractivity contribution in [1.82, 2.24) is 0 Å². The Bertz CT molecular complexity index is 395. The number of halogens is 1. The highest BCUT2D eigenvalue weighted by Crippen LogP contribution is 2.23. The number of aliphatic hydroxyl groups is 1. The molecule has 1 N–H and O–H groups in total. The van der Waals surface area contributed by atoms with Crippen LogP contribution in [-0.2, 0) is 0 Å². The van der Waals surface area contributed by atoms with Crippen LogP contribution >= 0.6 is 0 Å². The molecule has 0 saturated carbocycles. The van der Waals surface area contributed by atoms with Gasteiger partial charge in [0.15, 0.2) is 5.78 Å². The molecule has 0 aromatic heterocycles. The molecule has 88 valence electrons. The van der Waals surface area contributed by atoms with E-state index in [1.54, 1.807) is 26.8 Å². The maximum atomic E-state index is 13.1.